The van der Waals surface area contributed by atoms with Gasteiger partial charge in [-0.2, -0.15) is 33.7 Å². The van der Waals surface area contributed by atoms with E-state index in [1.54, 1.807) is 0 Å². The summed E-state index contributed by atoms with van der Waals surface area (Å²) >= 11 is 5.84. The molecule has 0 radical (unpaired) electrons. The fourth-order valence-corrected chi connectivity index (χ4v) is 3.28. The van der Waals surface area contributed by atoms with Crippen LogP contribution in [0.2, 0.25) is 5.02 Å². The Balaban J connectivity index is 1.65. The van der Waals surface area contributed by atoms with Gasteiger partial charge in [0.05, 0.1) is 47.6 Å². The van der Waals surface area contributed by atoms with Crippen molar-refractivity contribution in [1.82, 2.24) is 29.8 Å². The van der Waals surface area contributed by atoms with Crippen LogP contribution in [0.4, 0.5) is 23.2 Å². The quantitative estimate of drug-likeness (QED) is 0.425. The molecule has 0 saturated carbocycles. The van der Waals surface area contributed by atoms with Gasteiger partial charge in [-0.05, 0) is 17.7 Å². The number of hydrogen-bond acceptors (Lipinski definition) is 6. The van der Waals surface area contributed by atoms with E-state index in [-0.39, 0.29) is 27.7 Å². The average Bonchev–Trinajstić information content (AvgIpc) is 3.47. The molecule has 0 saturated heterocycles. The van der Waals surface area contributed by atoms with E-state index in [4.69, 9.17) is 11.6 Å². The van der Waals surface area contributed by atoms with Crippen molar-refractivity contribution in [2.45, 2.75) is 12.7 Å². The average molecular weight is 491 g/mol. The van der Waals surface area contributed by atoms with Gasteiger partial charge in [0.2, 0.25) is 0 Å². The van der Waals surface area contributed by atoms with E-state index in [0.29, 0.717) is 4.68 Å². The van der Waals surface area contributed by atoms with E-state index in [2.05, 4.69) is 25.6 Å². The summed E-state index contributed by atoms with van der Waals surface area (Å²) in [5.41, 5.74) is -2.14. The number of carbonyl (C=O) groups is 1. The van der Waals surface area contributed by atoms with Crippen molar-refractivity contribution in [3.05, 3.63) is 82.3 Å². The molecular formula is C20H11ClF4N8O. The minimum atomic E-state index is -4.96. The van der Waals surface area contributed by atoms with Crippen molar-refractivity contribution in [3.8, 4) is 11.9 Å². The molecule has 3 heterocycles. The van der Waals surface area contributed by atoms with E-state index < -0.39 is 35.7 Å². The predicted octanol–water partition coefficient (Wildman–Crippen LogP) is 3.84. The lowest BCUT2D eigenvalue weighted by Crippen LogP contribution is -2.22. The number of alkyl halides is 3. The van der Waals surface area contributed by atoms with Crippen LogP contribution in [0.1, 0.15) is 27.2 Å². The Morgan fingerprint density at radius 3 is 2.59 bits per heavy atom. The summed E-state index contributed by atoms with van der Waals surface area (Å²) in [6.45, 7) is -0.523. The molecule has 4 aromatic rings. The number of hydrogen-bond donors (Lipinski definition) is 1. The number of nitriles is 1. The summed E-state index contributed by atoms with van der Waals surface area (Å²) in [6, 6.07) is 6.78. The van der Waals surface area contributed by atoms with Crippen LogP contribution in [-0.2, 0) is 12.7 Å². The van der Waals surface area contributed by atoms with Crippen LogP contribution in [0, 0.1) is 17.1 Å². The third kappa shape index (κ3) is 4.44. The molecule has 1 N–H and O–H groups in total. The molecule has 0 atom stereocenters. The number of nitrogens with zero attached hydrogens (tertiary/aromatic N) is 7. The zero-order chi connectivity index (χ0) is 24.5. The Hall–Kier alpha value is -4.31. The van der Waals surface area contributed by atoms with Gasteiger partial charge >= 0.3 is 6.18 Å². The lowest BCUT2D eigenvalue weighted by molar-refractivity contribution is -0.144. The van der Waals surface area contributed by atoms with Crippen molar-refractivity contribution in [1.29, 1.82) is 5.26 Å². The number of carbonyl (C=O) groups excluding carboxylic acids is 1. The number of anilines is 1. The van der Waals surface area contributed by atoms with E-state index in [9.17, 15) is 27.6 Å². The smallest absolute Gasteiger partial charge is 0.320 e. The van der Waals surface area contributed by atoms with E-state index in [1.807, 2.05) is 6.07 Å². The monoisotopic (exact) mass is 490 g/mol. The van der Waals surface area contributed by atoms with Crippen LogP contribution < -0.4 is 5.32 Å². The van der Waals surface area contributed by atoms with Crippen molar-refractivity contribution in [3.63, 3.8) is 0 Å². The number of pyridine rings is 1. The first-order valence-electron chi connectivity index (χ1n) is 9.33. The maximum atomic E-state index is 13.8. The van der Waals surface area contributed by atoms with Crippen LogP contribution in [0.5, 0.6) is 0 Å². The maximum absolute atomic E-state index is 13.8. The zero-order valence-electron chi connectivity index (χ0n) is 16.8. The second-order valence-corrected chi connectivity index (χ2v) is 7.13. The molecule has 0 bridgehead atoms. The molecule has 172 valence electrons. The second-order valence-electron chi connectivity index (χ2n) is 6.75. The number of nitrogens with one attached hydrogen (secondary N) is 1. The van der Waals surface area contributed by atoms with Gasteiger partial charge in [0.1, 0.15) is 17.4 Å². The number of benzene rings is 1. The highest BCUT2D eigenvalue weighted by molar-refractivity contribution is 6.31. The standard InChI is InChI=1S/C20H11ClF4N8O/c21-16-11(2-1-3-15(16)22)10-32-17(20(23,24)25)14(9-30-32)19(34)31-13-6-12(7-26)18(27-8-13)33-28-4-5-29-33/h1-6,8-9H,10H2,(H,31,34). The largest absolute Gasteiger partial charge is 0.433 e. The molecule has 0 aliphatic rings. The van der Waals surface area contributed by atoms with Crippen LogP contribution in [0.15, 0.2) is 49.1 Å². The predicted molar refractivity (Wildman–Crippen MR) is 110 cm³/mol. The highest BCUT2D eigenvalue weighted by Gasteiger charge is 2.40. The van der Waals surface area contributed by atoms with Gasteiger partial charge < -0.3 is 5.32 Å². The summed E-state index contributed by atoms with van der Waals surface area (Å²) < 4.78 is 55.7. The highest BCUT2D eigenvalue weighted by Crippen LogP contribution is 2.33. The Bertz CT molecular complexity index is 1410. The van der Waals surface area contributed by atoms with Crippen LogP contribution in [0.25, 0.3) is 5.82 Å². The number of rotatable bonds is 5. The Kier molecular flexibility index (Phi) is 5.99. The summed E-state index contributed by atoms with van der Waals surface area (Å²) in [4.78, 5) is 17.8. The molecule has 0 aliphatic carbocycles. The van der Waals surface area contributed by atoms with E-state index >= 15 is 0 Å². The molecule has 0 unspecified atom stereocenters. The summed E-state index contributed by atoms with van der Waals surface area (Å²) in [6.07, 6.45) is -0.347. The molecule has 0 fully saturated rings. The fourth-order valence-electron chi connectivity index (χ4n) is 3.09. The third-order valence-corrected chi connectivity index (χ3v) is 4.98. The fraction of sp³-hybridized carbons (Fsp3) is 0.100. The first kappa shape index (κ1) is 22.9. The molecule has 1 amide bonds. The molecule has 0 spiro atoms. The molecule has 34 heavy (non-hydrogen) atoms. The minimum absolute atomic E-state index is 0.0264. The van der Waals surface area contributed by atoms with Crippen molar-refractivity contribution in [2.24, 2.45) is 0 Å². The SMILES string of the molecule is N#Cc1cc(NC(=O)c2cnn(Cc3cccc(F)c3Cl)c2C(F)(F)F)cnc1-n1nccn1. The van der Waals surface area contributed by atoms with Gasteiger partial charge in [0.15, 0.2) is 11.5 Å². The number of amides is 1. The summed E-state index contributed by atoms with van der Waals surface area (Å²) in [5.74, 6) is -1.87. The number of aromatic nitrogens is 6. The van der Waals surface area contributed by atoms with E-state index in [0.717, 1.165) is 23.3 Å². The highest BCUT2D eigenvalue weighted by atomic mass is 35.5. The van der Waals surface area contributed by atoms with Gasteiger partial charge in [-0.25, -0.2) is 9.37 Å². The van der Waals surface area contributed by atoms with Crippen LogP contribution in [0.3, 0.4) is 0 Å². The first-order chi connectivity index (χ1) is 16.2. The van der Waals surface area contributed by atoms with Gasteiger partial charge in [-0.15, -0.1) is 4.80 Å². The van der Waals surface area contributed by atoms with Crippen molar-refractivity contribution >= 4 is 23.2 Å². The van der Waals surface area contributed by atoms with Crippen LogP contribution >= 0.6 is 11.6 Å². The van der Waals surface area contributed by atoms with Gasteiger partial charge in [-0.3, -0.25) is 9.48 Å². The summed E-state index contributed by atoms with van der Waals surface area (Å²) in [7, 11) is 0. The normalized spacial score (nSPS) is 11.3. The molecule has 14 heteroatoms. The maximum Gasteiger partial charge on any atom is 0.433 e. The second kappa shape index (κ2) is 8.91. The molecule has 1 aromatic carbocycles. The Morgan fingerprint density at radius 1 is 1.18 bits per heavy atom. The van der Waals surface area contributed by atoms with Crippen molar-refractivity contribution < 1.29 is 22.4 Å². The lowest BCUT2D eigenvalue weighted by atomic mass is 10.2. The molecule has 0 aliphatic heterocycles. The number of halogens is 5. The van der Waals surface area contributed by atoms with Crippen molar-refractivity contribution in [2.75, 3.05) is 5.32 Å². The zero-order valence-corrected chi connectivity index (χ0v) is 17.5. The summed E-state index contributed by atoms with van der Waals surface area (Å²) in [5, 5.41) is 22.7. The third-order valence-electron chi connectivity index (χ3n) is 4.56. The van der Waals surface area contributed by atoms with Crippen LogP contribution in [-0.4, -0.2) is 35.7 Å². The topological polar surface area (TPSA) is 114 Å². The first-order valence-corrected chi connectivity index (χ1v) is 9.71. The lowest BCUT2D eigenvalue weighted by Gasteiger charge is -2.14. The van der Waals surface area contributed by atoms with Gasteiger partial charge in [0, 0.05) is 0 Å². The van der Waals surface area contributed by atoms with Gasteiger partial charge in [0.25, 0.3) is 5.91 Å². The Morgan fingerprint density at radius 2 is 1.91 bits per heavy atom. The molecule has 3 aromatic heterocycles. The van der Waals surface area contributed by atoms with E-state index in [1.165, 1.54) is 30.6 Å². The molecule has 9 nitrogen and oxygen atoms in total. The Labute approximate surface area is 193 Å². The minimum Gasteiger partial charge on any atom is -0.320 e. The molecular weight excluding hydrogens is 480 g/mol. The van der Waals surface area contributed by atoms with Gasteiger partial charge in [-0.1, -0.05) is 23.7 Å². The molecule has 4 rings (SSSR count).